The Hall–Kier alpha value is -0.790. The van der Waals surface area contributed by atoms with Crippen LogP contribution in [0.1, 0.15) is 19.3 Å². The van der Waals surface area contributed by atoms with Crippen LogP contribution in [0.4, 0.5) is 0 Å². The largest absolute Gasteiger partial charge is 0.497 e. The summed E-state index contributed by atoms with van der Waals surface area (Å²) in [7, 11) is 0. The van der Waals surface area contributed by atoms with Crippen LogP contribution in [0.25, 0.3) is 0 Å². The van der Waals surface area contributed by atoms with E-state index in [0.717, 1.165) is 0 Å². The first kappa shape index (κ1) is 5.96. The maximum Gasteiger partial charge on any atom is 0.162 e. The SMILES string of the molecule is O=C1C=CO[C@H](C2CC2)C1. The van der Waals surface area contributed by atoms with Crippen molar-refractivity contribution in [2.45, 2.75) is 25.4 Å². The van der Waals surface area contributed by atoms with Gasteiger partial charge in [0, 0.05) is 12.5 Å². The van der Waals surface area contributed by atoms with Gasteiger partial charge >= 0.3 is 0 Å². The smallest absolute Gasteiger partial charge is 0.162 e. The topological polar surface area (TPSA) is 26.3 Å². The maximum absolute atomic E-state index is 10.8. The van der Waals surface area contributed by atoms with Crippen molar-refractivity contribution in [3.8, 4) is 0 Å². The third-order valence-electron chi connectivity index (χ3n) is 2.06. The van der Waals surface area contributed by atoms with Crippen LogP contribution in [0.15, 0.2) is 12.3 Å². The van der Waals surface area contributed by atoms with Crippen LogP contribution in [0.5, 0.6) is 0 Å². The van der Waals surface area contributed by atoms with Gasteiger partial charge in [-0.3, -0.25) is 4.79 Å². The lowest BCUT2D eigenvalue weighted by atomic mass is 10.1. The molecule has 10 heavy (non-hydrogen) atoms. The summed E-state index contributed by atoms with van der Waals surface area (Å²) < 4.78 is 5.27. The summed E-state index contributed by atoms with van der Waals surface area (Å²) in [5, 5.41) is 0. The van der Waals surface area contributed by atoms with Gasteiger partial charge < -0.3 is 4.74 Å². The molecule has 1 atom stereocenters. The van der Waals surface area contributed by atoms with Crippen molar-refractivity contribution in [1.29, 1.82) is 0 Å². The molecule has 1 heterocycles. The number of allylic oxidation sites excluding steroid dienone is 1. The molecule has 0 spiro atoms. The van der Waals surface area contributed by atoms with Gasteiger partial charge in [-0.1, -0.05) is 0 Å². The van der Waals surface area contributed by atoms with Gasteiger partial charge in [0.25, 0.3) is 0 Å². The lowest BCUT2D eigenvalue weighted by molar-refractivity contribution is -0.118. The number of hydrogen-bond acceptors (Lipinski definition) is 2. The lowest BCUT2D eigenvalue weighted by Gasteiger charge is -2.17. The zero-order chi connectivity index (χ0) is 6.97. The van der Waals surface area contributed by atoms with Crippen LogP contribution in [0, 0.1) is 5.92 Å². The molecule has 2 nitrogen and oxygen atoms in total. The number of ketones is 1. The molecule has 0 saturated heterocycles. The van der Waals surface area contributed by atoms with Crippen LogP contribution in [0.2, 0.25) is 0 Å². The highest BCUT2D eigenvalue weighted by Crippen LogP contribution is 2.36. The van der Waals surface area contributed by atoms with E-state index in [0.29, 0.717) is 12.3 Å². The molecule has 0 aromatic rings. The number of carbonyl (C=O) groups is 1. The van der Waals surface area contributed by atoms with E-state index >= 15 is 0 Å². The number of carbonyl (C=O) groups excluding carboxylic acids is 1. The fraction of sp³-hybridized carbons (Fsp3) is 0.625. The van der Waals surface area contributed by atoms with Crippen LogP contribution < -0.4 is 0 Å². The summed E-state index contributed by atoms with van der Waals surface area (Å²) in [6.07, 6.45) is 6.34. The number of hydrogen-bond donors (Lipinski definition) is 0. The van der Waals surface area contributed by atoms with Gasteiger partial charge in [-0.2, -0.15) is 0 Å². The fourth-order valence-corrected chi connectivity index (χ4v) is 1.28. The van der Waals surface area contributed by atoms with E-state index in [4.69, 9.17) is 4.74 Å². The second kappa shape index (κ2) is 2.11. The Labute approximate surface area is 59.9 Å². The molecule has 0 bridgehead atoms. The summed E-state index contributed by atoms with van der Waals surface area (Å²) in [6, 6.07) is 0. The predicted octanol–water partition coefficient (Wildman–Crippen LogP) is 1.27. The minimum Gasteiger partial charge on any atom is -0.497 e. The standard InChI is InChI=1S/C8H10O2/c9-7-3-4-10-8(5-7)6-1-2-6/h3-4,6,8H,1-2,5H2/t8-/m0/s1. The third-order valence-corrected chi connectivity index (χ3v) is 2.06. The molecule has 1 aliphatic carbocycles. The van der Waals surface area contributed by atoms with Crippen LogP contribution in [-0.4, -0.2) is 11.9 Å². The molecule has 54 valence electrons. The van der Waals surface area contributed by atoms with Crippen molar-refractivity contribution in [2.24, 2.45) is 5.92 Å². The molecule has 1 saturated carbocycles. The Morgan fingerprint density at radius 2 is 2.30 bits per heavy atom. The molecule has 0 radical (unpaired) electrons. The molecule has 0 aromatic carbocycles. The molecular weight excluding hydrogens is 128 g/mol. The molecule has 2 heteroatoms. The van der Waals surface area contributed by atoms with E-state index in [-0.39, 0.29) is 11.9 Å². The molecule has 0 aromatic heterocycles. The van der Waals surface area contributed by atoms with Crippen molar-refractivity contribution in [3.63, 3.8) is 0 Å². The summed E-state index contributed by atoms with van der Waals surface area (Å²) in [6.45, 7) is 0. The molecule has 1 fully saturated rings. The maximum atomic E-state index is 10.8. The van der Waals surface area contributed by atoms with Crippen molar-refractivity contribution < 1.29 is 9.53 Å². The predicted molar refractivity (Wildman–Crippen MR) is 36.4 cm³/mol. The first-order valence-corrected chi connectivity index (χ1v) is 3.71. The summed E-state index contributed by atoms with van der Waals surface area (Å²) in [5.41, 5.74) is 0. The summed E-state index contributed by atoms with van der Waals surface area (Å²) >= 11 is 0. The van der Waals surface area contributed by atoms with E-state index in [1.807, 2.05) is 0 Å². The van der Waals surface area contributed by atoms with Gasteiger partial charge in [-0.05, 0) is 18.8 Å². The average molecular weight is 138 g/mol. The van der Waals surface area contributed by atoms with Gasteiger partial charge in [0.2, 0.25) is 0 Å². The molecule has 1 aliphatic heterocycles. The van der Waals surface area contributed by atoms with Crippen molar-refractivity contribution in [3.05, 3.63) is 12.3 Å². The van der Waals surface area contributed by atoms with E-state index in [1.54, 1.807) is 0 Å². The van der Waals surface area contributed by atoms with Gasteiger partial charge in [-0.25, -0.2) is 0 Å². The fourth-order valence-electron chi connectivity index (χ4n) is 1.28. The Bertz CT molecular complexity index is 180. The zero-order valence-electron chi connectivity index (χ0n) is 5.75. The molecule has 2 rings (SSSR count). The van der Waals surface area contributed by atoms with E-state index in [9.17, 15) is 4.79 Å². The van der Waals surface area contributed by atoms with Crippen LogP contribution in [0.3, 0.4) is 0 Å². The first-order valence-electron chi connectivity index (χ1n) is 3.71. The molecule has 0 unspecified atom stereocenters. The highest BCUT2D eigenvalue weighted by atomic mass is 16.5. The molecular formula is C8H10O2. The van der Waals surface area contributed by atoms with E-state index in [1.165, 1.54) is 25.2 Å². The highest BCUT2D eigenvalue weighted by molar-refractivity contribution is 5.90. The van der Waals surface area contributed by atoms with Gasteiger partial charge in [0.1, 0.15) is 6.10 Å². The molecule has 0 N–H and O–H groups in total. The Balaban J connectivity index is 1.99. The average Bonchev–Trinajstić information content (AvgIpc) is 2.68. The summed E-state index contributed by atoms with van der Waals surface area (Å²) in [5.74, 6) is 0.886. The second-order valence-corrected chi connectivity index (χ2v) is 2.99. The highest BCUT2D eigenvalue weighted by Gasteiger charge is 2.34. The normalized spacial score (nSPS) is 32.0. The lowest BCUT2D eigenvalue weighted by Crippen LogP contribution is -2.20. The zero-order valence-corrected chi connectivity index (χ0v) is 5.75. The number of rotatable bonds is 1. The minimum atomic E-state index is 0.206. The van der Waals surface area contributed by atoms with Gasteiger partial charge in [-0.15, -0.1) is 0 Å². The van der Waals surface area contributed by atoms with Gasteiger partial charge in [0.05, 0.1) is 6.26 Å². The molecule has 2 aliphatic rings. The number of ether oxygens (including phenoxy) is 1. The van der Waals surface area contributed by atoms with Crippen molar-refractivity contribution in [1.82, 2.24) is 0 Å². The Morgan fingerprint density at radius 3 is 2.90 bits per heavy atom. The monoisotopic (exact) mass is 138 g/mol. The Kier molecular flexibility index (Phi) is 1.26. The summed E-state index contributed by atoms with van der Waals surface area (Å²) in [4.78, 5) is 10.8. The third kappa shape index (κ3) is 1.06. The second-order valence-electron chi connectivity index (χ2n) is 2.99. The van der Waals surface area contributed by atoms with Gasteiger partial charge in [0.15, 0.2) is 5.78 Å². The molecule has 0 amide bonds. The Morgan fingerprint density at radius 1 is 1.50 bits per heavy atom. The van der Waals surface area contributed by atoms with Crippen molar-refractivity contribution in [2.75, 3.05) is 0 Å². The first-order chi connectivity index (χ1) is 4.86. The quantitative estimate of drug-likeness (QED) is 0.545. The van der Waals surface area contributed by atoms with Crippen LogP contribution in [-0.2, 0) is 9.53 Å². The van der Waals surface area contributed by atoms with Crippen molar-refractivity contribution >= 4 is 5.78 Å². The van der Waals surface area contributed by atoms with Crippen LogP contribution >= 0.6 is 0 Å². The van der Waals surface area contributed by atoms with E-state index < -0.39 is 0 Å². The van der Waals surface area contributed by atoms with E-state index in [2.05, 4.69) is 0 Å². The minimum absolute atomic E-state index is 0.206.